The van der Waals surface area contributed by atoms with Crippen LogP contribution in [-0.2, 0) is 5.75 Å². The summed E-state index contributed by atoms with van der Waals surface area (Å²) < 4.78 is 3.40. The number of nitrogens with zero attached hydrogens (tertiary/aromatic N) is 3. The van der Waals surface area contributed by atoms with Crippen LogP contribution in [0.4, 0.5) is 0 Å². The molecule has 3 aromatic rings. The summed E-state index contributed by atoms with van der Waals surface area (Å²) in [5, 5.41) is 5.34. The fourth-order valence-electron chi connectivity index (χ4n) is 1.79. The van der Waals surface area contributed by atoms with E-state index in [1.165, 1.54) is 11.3 Å². The molecule has 0 unspecified atom stereocenters. The van der Waals surface area contributed by atoms with Gasteiger partial charge in [-0.3, -0.25) is 0 Å². The highest BCUT2D eigenvalue weighted by Gasteiger charge is 2.07. The Labute approximate surface area is 150 Å². The average Bonchev–Trinajstić information content (AvgIpc) is 2.86. The molecule has 2 heterocycles. The van der Waals surface area contributed by atoms with Gasteiger partial charge in [0.05, 0.1) is 5.69 Å². The van der Waals surface area contributed by atoms with Gasteiger partial charge in [-0.25, -0.2) is 9.67 Å². The highest BCUT2D eigenvalue weighted by molar-refractivity contribution is 8.00. The normalized spacial score (nSPS) is 10.8. The Balaban J connectivity index is 1.78. The number of aromatic nitrogens is 3. The van der Waals surface area contributed by atoms with E-state index < -0.39 is 0 Å². The summed E-state index contributed by atoms with van der Waals surface area (Å²) in [6.07, 6.45) is 0. The SMILES string of the molecule is S=c1sc(SCc2cc(Cl)nc(Cl)c2)nn1-c1ccccc1. The molecule has 0 amide bonds. The van der Waals surface area contributed by atoms with Gasteiger partial charge in [0.1, 0.15) is 10.3 Å². The molecule has 3 rings (SSSR count). The molecule has 0 saturated carbocycles. The largest absolute Gasteiger partial charge is 0.224 e. The van der Waals surface area contributed by atoms with Crippen molar-refractivity contribution in [2.24, 2.45) is 0 Å². The quantitative estimate of drug-likeness (QED) is 0.329. The van der Waals surface area contributed by atoms with Crippen LogP contribution in [0.3, 0.4) is 0 Å². The number of halogens is 2. The van der Waals surface area contributed by atoms with Gasteiger partial charge in [0.15, 0.2) is 8.29 Å². The molecular weight excluding hydrogens is 377 g/mol. The molecule has 0 spiro atoms. The fourth-order valence-corrected chi connectivity index (χ4v) is 4.59. The minimum absolute atomic E-state index is 0.394. The van der Waals surface area contributed by atoms with Crippen molar-refractivity contribution >= 4 is 58.5 Å². The minimum Gasteiger partial charge on any atom is -0.224 e. The van der Waals surface area contributed by atoms with E-state index in [4.69, 9.17) is 35.4 Å². The first-order chi connectivity index (χ1) is 10.6. The second-order valence-corrected chi connectivity index (χ2v) is 7.91. The topological polar surface area (TPSA) is 30.7 Å². The van der Waals surface area contributed by atoms with E-state index in [0.717, 1.165) is 19.5 Å². The van der Waals surface area contributed by atoms with Crippen LogP contribution in [0, 0.1) is 3.95 Å². The van der Waals surface area contributed by atoms with E-state index >= 15 is 0 Å². The van der Waals surface area contributed by atoms with Crippen molar-refractivity contribution in [2.75, 3.05) is 0 Å². The molecule has 3 nitrogen and oxygen atoms in total. The zero-order valence-corrected chi connectivity index (χ0v) is 15.0. The monoisotopic (exact) mass is 385 g/mol. The van der Waals surface area contributed by atoms with E-state index in [0.29, 0.717) is 16.1 Å². The van der Waals surface area contributed by atoms with E-state index in [2.05, 4.69) is 10.1 Å². The lowest BCUT2D eigenvalue weighted by Gasteiger charge is -2.01. The molecule has 8 heteroatoms. The Kier molecular flexibility index (Phi) is 5.15. The van der Waals surface area contributed by atoms with E-state index in [1.54, 1.807) is 28.6 Å². The van der Waals surface area contributed by atoms with Crippen molar-refractivity contribution in [1.82, 2.24) is 14.8 Å². The molecule has 0 N–H and O–H groups in total. The van der Waals surface area contributed by atoms with Gasteiger partial charge in [-0.15, -0.1) is 5.10 Å². The molecule has 0 aliphatic heterocycles. The lowest BCUT2D eigenvalue weighted by Crippen LogP contribution is -1.95. The number of benzene rings is 1. The standard InChI is InChI=1S/C14H9Cl2N3S3/c15-11-6-9(7-12(16)17-11)8-21-13-18-19(14(20)22-13)10-4-2-1-3-5-10/h1-7H,8H2. The van der Waals surface area contributed by atoms with Gasteiger partial charge in [-0.05, 0) is 42.0 Å². The molecule has 0 bridgehead atoms. The van der Waals surface area contributed by atoms with Gasteiger partial charge >= 0.3 is 0 Å². The van der Waals surface area contributed by atoms with Crippen molar-refractivity contribution in [3.05, 3.63) is 62.3 Å². The minimum atomic E-state index is 0.394. The predicted molar refractivity (Wildman–Crippen MR) is 96.1 cm³/mol. The second kappa shape index (κ2) is 7.10. The van der Waals surface area contributed by atoms with Gasteiger partial charge in [-0.1, -0.05) is 64.5 Å². The first-order valence-electron chi connectivity index (χ1n) is 6.22. The van der Waals surface area contributed by atoms with Gasteiger partial charge < -0.3 is 0 Å². The van der Waals surface area contributed by atoms with Crippen LogP contribution >= 0.6 is 58.5 Å². The molecule has 0 atom stereocenters. The van der Waals surface area contributed by atoms with E-state index in [-0.39, 0.29) is 0 Å². The smallest absolute Gasteiger partial charge is 0.184 e. The van der Waals surface area contributed by atoms with Crippen molar-refractivity contribution in [1.29, 1.82) is 0 Å². The summed E-state index contributed by atoms with van der Waals surface area (Å²) in [7, 11) is 0. The third-order valence-corrected chi connectivity index (χ3v) is 5.54. The summed E-state index contributed by atoms with van der Waals surface area (Å²) in [5.41, 5.74) is 1.97. The molecule has 0 saturated heterocycles. The van der Waals surface area contributed by atoms with Crippen LogP contribution in [0.2, 0.25) is 10.3 Å². The van der Waals surface area contributed by atoms with Crippen molar-refractivity contribution in [3.8, 4) is 5.69 Å². The van der Waals surface area contributed by atoms with Crippen LogP contribution < -0.4 is 0 Å². The molecule has 0 aliphatic rings. The van der Waals surface area contributed by atoms with Crippen LogP contribution in [0.15, 0.2) is 46.8 Å². The maximum absolute atomic E-state index is 5.90. The number of hydrogen-bond acceptors (Lipinski definition) is 5. The number of para-hydroxylation sites is 1. The van der Waals surface area contributed by atoms with Crippen molar-refractivity contribution < 1.29 is 0 Å². The van der Waals surface area contributed by atoms with Gasteiger partial charge in [0.2, 0.25) is 0 Å². The molecular formula is C14H9Cl2N3S3. The molecule has 0 fully saturated rings. The first-order valence-corrected chi connectivity index (χ1v) is 9.19. The zero-order valence-electron chi connectivity index (χ0n) is 11.1. The van der Waals surface area contributed by atoms with Crippen LogP contribution in [0.25, 0.3) is 5.69 Å². The molecule has 112 valence electrons. The van der Waals surface area contributed by atoms with Crippen molar-refractivity contribution in [3.63, 3.8) is 0 Å². The van der Waals surface area contributed by atoms with E-state index in [9.17, 15) is 0 Å². The number of hydrogen-bond donors (Lipinski definition) is 0. The summed E-state index contributed by atoms with van der Waals surface area (Å²) in [5.74, 6) is 0.707. The van der Waals surface area contributed by atoms with Crippen LogP contribution in [0.5, 0.6) is 0 Å². The average molecular weight is 386 g/mol. The Bertz CT molecular complexity index is 826. The molecule has 2 aromatic heterocycles. The van der Waals surface area contributed by atoms with Crippen LogP contribution in [0.1, 0.15) is 5.56 Å². The summed E-state index contributed by atoms with van der Waals surface area (Å²) in [6, 6.07) is 13.4. The summed E-state index contributed by atoms with van der Waals surface area (Å²) in [4.78, 5) is 3.93. The molecule has 22 heavy (non-hydrogen) atoms. The van der Waals surface area contributed by atoms with Crippen LogP contribution in [-0.4, -0.2) is 14.8 Å². The molecule has 0 radical (unpaired) electrons. The molecule has 1 aromatic carbocycles. The lowest BCUT2D eigenvalue weighted by molar-refractivity contribution is 0.829. The lowest BCUT2D eigenvalue weighted by atomic mass is 10.3. The second-order valence-electron chi connectivity index (χ2n) is 4.29. The Morgan fingerprint density at radius 2 is 1.82 bits per heavy atom. The summed E-state index contributed by atoms with van der Waals surface area (Å²) >= 11 is 20.3. The first kappa shape index (κ1) is 16.0. The highest BCUT2D eigenvalue weighted by Crippen LogP contribution is 2.28. The Morgan fingerprint density at radius 3 is 2.50 bits per heavy atom. The number of thioether (sulfide) groups is 1. The maximum Gasteiger partial charge on any atom is 0.184 e. The van der Waals surface area contributed by atoms with Gasteiger partial charge in [0.25, 0.3) is 0 Å². The van der Waals surface area contributed by atoms with Crippen molar-refractivity contribution in [2.45, 2.75) is 10.1 Å². The predicted octanol–water partition coefficient (Wildman–Crippen LogP) is 5.66. The number of pyridine rings is 1. The third-order valence-electron chi connectivity index (χ3n) is 2.71. The van der Waals surface area contributed by atoms with E-state index in [1.807, 2.05) is 30.3 Å². The summed E-state index contributed by atoms with van der Waals surface area (Å²) in [6.45, 7) is 0. The Morgan fingerprint density at radius 1 is 1.14 bits per heavy atom. The molecule has 0 aliphatic carbocycles. The highest BCUT2D eigenvalue weighted by atomic mass is 35.5. The zero-order chi connectivity index (χ0) is 15.5. The van der Waals surface area contributed by atoms with Gasteiger partial charge in [-0.2, -0.15) is 0 Å². The fraction of sp³-hybridized carbons (Fsp3) is 0.0714. The maximum atomic E-state index is 5.90. The Hall–Kier alpha value is -0.920. The number of rotatable bonds is 4. The van der Waals surface area contributed by atoms with Gasteiger partial charge in [0, 0.05) is 5.75 Å². The third kappa shape index (κ3) is 3.88.